The Balaban J connectivity index is 1.49. The standard InChI is InChI=1S/C16H18N4O4S2/c1-23-11-6-5-10(7-12(11)24-2)17-13(21)8-25-16-20-19-15(26-16)18-14(22)9-3-4-9/h5-7,9H,3-4,8H2,1-2H3,(H,17,21)(H,18,19,22). The molecule has 1 aromatic carbocycles. The fraction of sp³-hybridized carbons (Fsp3) is 0.375. The highest BCUT2D eigenvalue weighted by molar-refractivity contribution is 8.01. The Bertz CT molecular complexity index is 807. The molecule has 2 aromatic rings. The maximum absolute atomic E-state index is 12.1. The van der Waals surface area contributed by atoms with E-state index in [4.69, 9.17) is 9.47 Å². The van der Waals surface area contributed by atoms with Crippen molar-refractivity contribution in [1.29, 1.82) is 0 Å². The summed E-state index contributed by atoms with van der Waals surface area (Å²) in [7, 11) is 3.09. The molecule has 0 atom stereocenters. The van der Waals surface area contributed by atoms with Crippen molar-refractivity contribution in [3.05, 3.63) is 18.2 Å². The lowest BCUT2D eigenvalue weighted by molar-refractivity contribution is -0.117. The lowest BCUT2D eigenvalue weighted by atomic mass is 10.2. The Morgan fingerprint density at radius 1 is 1.19 bits per heavy atom. The Kier molecular flexibility index (Phi) is 5.94. The van der Waals surface area contributed by atoms with E-state index in [1.54, 1.807) is 25.3 Å². The molecule has 0 unspecified atom stereocenters. The smallest absolute Gasteiger partial charge is 0.234 e. The first-order chi connectivity index (χ1) is 12.6. The van der Waals surface area contributed by atoms with Crippen LogP contribution < -0.4 is 20.1 Å². The number of benzene rings is 1. The highest BCUT2D eigenvalue weighted by Crippen LogP contribution is 2.32. The number of methoxy groups -OCH3 is 2. The monoisotopic (exact) mass is 394 g/mol. The topological polar surface area (TPSA) is 102 Å². The number of carbonyl (C=O) groups is 2. The first kappa shape index (κ1) is 18.5. The van der Waals surface area contributed by atoms with Crippen LogP contribution in [0.15, 0.2) is 22.5 Å². The normalized spacial score (nSPS) is 13.2. The zero-order chi connectivity index (χ0) is 18.5. The van der Waals surface area contributed by atoms with E-state index in [1.807, 2.05) is 0 Å². The van der Waals surface area contributed by atoms with Crippen molar-refractivity contribution in [3.8, 4) is 11.5 Å². The Hall–Kier alpha value is -2.33. The van der Waals surface area contributed by atoms with Crippen molar-refractivity contribution in [1.82, 2.24) is 10.2 Å². The van der Waals surface area contributed by atoms with E-state index in [0.29, 0.717) is 26.7 Å². The van der Waals surface area contributed by atoms with Crippen LogP contribution >= 0.6 is 23.1 Å². The molecule has 0 aliphatic heterocycles. The van der Waals surface area contributed by atoms with Crippen LogP contribution in [-0.2, 0) is 9.59 Å². The van der Waals surface area contributed by atoms with E-state index in [2.05, 4.69) is 20.8 Å². The van der Waals surface area contributed by atoms with Gasteiger partial charge in [-0.1, -0.05) is 23.1 Å². The highest BCUT2D eigenvalue weighted by atomic mass is 32.2. The van der Waals surface area contributed by atoms with Crippen LogP contribution in [0.25, 0.3) is 0 Å². The molecule has 0 saturated heterocycles. The number of nitrogens with zero attached hydrogens (tertiary/aromatic N) is 2. The van der Waals surface area contributed by atoms with E-state index in [9.17, 15) is 9.59 Å². The van der Waals surface area contributed by atoms with Crippen LogP contribution in [0, 0.1) is 5.92 Å². The summed E-state index contributed by atoms with van der Waals surface area (Å²) >= 11 is 2.52. The van der Waals surface area contributed by atoms with Crippen molar-refractivity contribution >= 4 is 45.7 Å². The van der Waals surface area contributed by atoms with Crippen molar-refractivity contribution in [3.63, 3.8) is 0 Å². The van der Waals surface area contributed by atoms with Gasteiger partial charge >= 0.3 is 0 Å². The van der Waals surface area contributed by atoms with E-state index in [0.717, 1.165) is 12.8 Å². The number of anilines is 2. The van der Waals surface area contributed by atoms with Gasteiger partial charge in [-0.2, -0.15) is 0 Å². The molecular formula is C16H18N4O4S2. The fourth-order valence-electron chi connectivity index (χ4n) is 2.11. The second-order valence-electron chi connectivity index (χ2n) is 5.54. The van der Waals surface area contributed by atoms with Crippen LogP contribution in [0.5, 0.6) is 11.5 Å². The van der Waals surface area contributed by atoms with Crippen LogP contribution in [0.3, 0.4) is 0 Å². The molecule has 1 saturated carbocycles. The third-order valence-electron chi connectivity index (χ3n) is 3.58. The van der Waals surface area contributed by atoms with Crippen molar-refractivity contribution < 1.29 is 19.1 Å². The van der Waals surface area contributed by atoms with Gasteiger partial charge in [-0.05, 0) is 25.0 Å². The number of hydrogen-bond donors (Lipinski definition) is 2. The number of thioether (sulfide) groups is 1. The highest BCUT2D eigenvalue weighted by Gasteiger charge is 2.30. The molecule has 26 heavy (non-hydrogen) atoms. The predicted molar refractivity (Wildman–Crippen MR) is 100 cm³/mol. The summed E-state index contributed by atoms with van der Waals surface area (Å²) < 4.78 is 11.0. The molecule has 138 valence electrons. The minimum absolute atomic E-state index is 0.0103. The molecule has 1 fully saturated rings. The van der Waals surface area contributed by atoms with Crippen LogP contribution in [0.4, 0.5) is 10.8 Å². The summed E-state index contributed by atoms with van der Waals surface area (Å²) in [5, 5.41) is 13.9. The van der Waals surface area contributed by atoms with Gasteiger partial charge in [0, 0.05) is 17.7 Å². The minimum atomic E-state index is -0.180. The zero-order valence-electron chi connectivity index (χ0n) is 14.3. The van der Waals surface area contributed by atoms with Crippen molar-refractivity contribution in [2.24, 2.45) is 5.92 Å². The average Bonchev–Trinajstić information content (AvgIpc) is 3.41. The van der Waals surface area contributed by atoms with Gasteiger partial charge < -0.3 is 20.1 Å². The van der Waals surface area contributed by atoms with Gasteiger partial charge in [0.05, 0.1) is 20.0 Å². The van der Waals surface area contributed by atoms with Crippen molar-refractivity contribution in [2.45, 2.75) is 17.2 Å². The van der Waals surface area contributed by atoms with E-state index < -0.39 is 0 Å². The largest absolute Gasteiger partial charge is 0.493 e. The molecule has 3 rings (SSSR count). The molecule has 8 nitrogen and oxygen atoms in total. The average molecular weight is 394 g/mol. The predicted octanol–water partition coefficient (Wildman–Crippen LogP) is 2.63. The molecule has 1 heterocycles. The Morgan fingerprint density at radius 3 is 2.65 bits per heavy atom. The van der Waals surface area contributed by atoms with Crippen molar-refractivity contribution in [2.75, 3.05) is 30.6 Å². The zero-order valence-corrected chi connectivity index (χ0v) is 15.9. The Morgan fingerprint density at radius 2 is 1.96 bits per heavy atom. The third kappa shape index (κ3) is 4.85. The summed E-state index contributed by atoms with van der Waals surface area (Å²) in [5.41, 5.74) is 0.614. The molecule has 10 heteroatoms. The summed E-state index contributed by atoms with van der Waals surface area (Å²) in [6.45, 7) is 0. The maximum Gasteiger partial charge on any atom is 0.234 e. The lowest BCUT2D eigenvalue weighted by Crippen LogP contribution is -2.14. The molecule has 1 aliphatic carbocycles. The van der Waals surface area contributed by atoms with Gasteiger partial charge in [-0.3, -0.25) is 9.59 Å². The maximum atomic E-state index is 12.1. The first-order valence-corrected chi connectivity index (χ1v) is 9.68. The number of amides is 2. The number of hydrogen-bond acceptors (Lipinski definition) is 8. The number of carbonyl (C=O) groups excluding carboxylic acids is 2. The third-order valence-corrected chi connectivity index (χ3v) is 5.55. The second kappa shape index (κ2) is 8.37. The number of rotatable bonds is 8. The van der Waals surface area contributed by atoms with E-state index in [-0.39, 0.29) is 23.5 Å². The van der Waals surface area contributed by atoms with Crippen LogP contribution in [-0.4, -0.2) is 42.0 Å². The first-order valence-electron chi connectivity index (χ1n) is 7.88. The molecule has 0 spiro atoms. The van der Waals surface area contributed by atoms with Gasteiger partial charge in [0.2, 0.25) is 16.9 Å². The van der Waals surface area contributed by atoms with Gasteiger partial charge in [0.25, 0.3) is 0 Å². The molecule has 0 bridgehead atoms. The molecule has 2 N–H and O–H groups in total. The van der Waals surface area contributed by atoms with Gasteiger partial charge in [-0.15, -0.1) is 10.2 Å². The summed E-state index contributed by atoms with van der Waals surface area (Å²) in [6.07, 6.45) is 1.87. The SMILES string of the molecule is COc1ccc(NC(=O)CSc2nnc(NC(=O)C3CC3)s2)cc1OC. The molecule has 1 aliphatic rings. The van der Waals surface area contributed by atoms with Crippen LogP contribution in [0.2, 0.25) is 0 Å². The van der Waals surface area contributed by atoms with E-state index >= 15 is 0 Å². The summed E-state index contributed by atoms with van der Waals surface area (Å²) in [5.74, 6) is 1.24. The van der Waals surface area contributed by atoms with Gasteiger partial charge in [0.15, 0.2) is 15.8 Å². The Labute approximate surface area is 158 Å². The molecular weight excluding hydrogens is 376 g/mol. The number of nitrogens with one attached hydrogen (secondary N) is 2. The minimum Gasteiger partial charge on any atom is -0.493 e. The van der Waals surface area contributed by atoms with E-state index in [1.165, 1.54) is 30.2 Å². The number of ether oxygens (including phenoxy) is 2. The summed E-state index contributed by atoms with van der Waals surface area (Å²) in [6, 6.07) is 5.15. The molecule has 1 aromatic heterocycles. The van der Waals surface area contributed by atoms with Crippen LogP contribution in [0.1, 0.15) is 12.8 Å². The quantitative estimate of drug-likeness (QED) is 0.524. The fourth-order valence-corrected chi connectivity index (χ4v) is 3.66. The molecule has 0 radical (unpaired) electrons. The molecule has 2 amide bonds. The summed E-state index contributed by atoms with van der Waals surface area (Å²) in [4.78, 5) is 23.8. The number of aromatic nitrogens is 2. The van der Waals surface area contributed by atoms with Gasteiger partial charge in [0.1, 0.15) is 0 Å². The second-order valence-corrected chi connectivity index (χ2v) is 7.74. The lowest BCUT2D eigenvalue weighted by Gasteiger charge is -2.10. The van der Waals surface area contributed by atoms with Gasteiger partial charge in [-0.25, -0.2) is 0 Å².